The monoisotopic (exact) mass is 413 g/mol. The summed E-state index contributed by atoms with van der Waals surface area (Å²) in [6.45, 7) is 1.69. The number of benzene rings is 2. The SMILES string of the molecule is COC(=O)C1=C(C)N(c2ccc(OC)c(OC)c2)C(=O)C1=Cc1ccccc1Cl. The lowest BCUT2D eigenvalue weighted by atomic mass is 10.0. The number of rotatable bonds is 5. The first-order chi connectivity index (χ1) is 13.9. The van der Waals surface area contributed by atoms with Crippen LogP contribution in [0.5, 0.6) is 11.5 Å². The van der Waals surface area contributed by atoms with Crippen molar-refractivity contribution in [3.8, 4) is 11.5 Å². The maximum absolute atomic E-state index is 13.3. The first kappa shape index (κ1) is 20.5. The van der Waals surface area contributed by atoms with E-state index in [1.165, 1.54) is 26.2 Å². The standard InChI is InChI=1S/C22H20ClNO5/c1-13-20(22(26)29-4)16(11-14-7-5-6-8-17(14)23)21(25)24(13)15-9-10-18(27-2)19(12-15)28-3/h5-12H,1-4H3. The third-order valence-corrected chi connectivity index (χ3v) is 4.96. The van der Waals surface area contributed by atoms with Crippen LogP contribution in [0.25, 0.3) is 6.08 Å². The Bertz CT molecular complexity index is 1040. The molecule has 150 valence electrons. The molecule has 0 bridgehead atoms. The molecule has 6 nitrogen and oxygen atoms in total. The summed E-state index contributed by atoms with van der Waals surface area (Å²) >= 11 is 6.24. The quantitative estimate of drug-likeness (QED) is 0.542. The fourth-order valence-electron chi connectivity index (χ4n) is 3.20. The molecule has 2 aromatic rings. The minimum absolute atomic E-state index is 0.187. The van der Waals surface area contributed by atoms with E-state index in [4.69, 9.17) is 25.8 Å². The second-order valence-corrected chi connectivity index (χ2v) is 6.62. The molecule has 7 heteroatoms. The molecule has 1 aliphatic rings. The fraction of sp³-hybridized carbons (Fsp3) is 0.182. The van der Waals surface area contributed by atoms with E-state index in [0.717, 1.165) is 0 Å². The van der Waals surface area contributed by atoms with E-state index in [0.29, 0.717) is 33.5 Å². The molecule has 2 aromatic carbocycles. The van der Waals surface area contributed by atoms with Gasteiger partial charge in [-0.05, 0) is 36.8 Å². The average Bonchev–Trinajstić information content (AvgIpc) is 2.98. The molecule has 0 aliphatic carbocycles. The first-order valence-corrected chi connectivity index (χ1v) is 9.13. The Morgan fingerprint density at radius 3 is 2.34 bits per heavy atom. The van der Waals surface area contributed by atoms with E-state index in [-0.39, 0.29) is 17.1 Å². The molecule has 3 rings (SSSR count). The molecule has 1 heterocycles. The highest BCUT2D eigenvalue weighted by Gasteiger charge is 2.38. The molecule has 0 aromatic heterocycles. The van der Waals surface area contributed by atoms with Gasteiger partial charge in [0.05, 0.1) is 38.2 Å². The van der Waals surface area contributed by atoms with E-state index in [2.05, 4.69) is 0 Å². The van der Waals surface area contributed by atoms with Gasteiger partial charge in [-0.25, -0.2) is 4.79 Å². The Labute approximate surface area is 173 Å². The normalized spacial score (nSPS) is 15.1. The lowest BCUT2D eigenvalue weighted by Gasteiger charge is -2.19. The van der Waals surface area contributed by atoms with E-state index in [1.54, 1.807) is 55.5 Å². The second-order valence-electron chi connectivity index (χ2n) is 6.21. The highest BCUT2D eigenvalue weighted by atomic mass is 35.5. The minimum Gasteiger partial charge on any atom is -0.493 e. The summed E-state index contributed by atoms with van der Waals surface area (Å²) in [6.07, 6.45) is 1.60. The van der Waals surface area contributed by atoms with Gasteiger partial charge in [0.2, 0.25) is 0 Å². The van der Waals surface area contributed by atoms with Crippen LogP contribution in [0.4, 0.5) is 5.69 Å². The largest absolute Gasteiger partial charge is 0.493 e. The van der Waals surface area contributed by atoms with Crippen LogP contribution in [-0.4, -0.2) is 33.2 Å². The third-order valence-electron chi connectivity index (χ3n) is 4.62. The lowest BCUT2D eigenvalue weighted by Crippen LogP contribution is -2.24. The molecule has 0 unspecified atom stereocenters. The Morgan fingerprint density at radius 1 is 1.03 bits per heavy atom. The predicted molar refractivity (Wildman–Crippen MR) is 111 cm³/mol. The number of anilines is 1. The van der Waals surface area contributed by atoms with Crippen LogP contribution >= 0.6 is 11.6 Å². The van der Waals surface area contributed by atoms with Crippen molar-refractivity contribution in [2.45, 2.75) is 6.92 Å². The summed E-state index contributed by atoms with van der Waals surface area (Å²) in [5.41, 5.74) is 2.01. The summed E-state index contributed by atoms with van der Waals surface area (Å²) in [5, 5.41) is 0.472. The number of carbonyl (C=O) groups excluding carboxylic acids is 2. The van der Waals surface area contributed by atoms with Crippen LogP contribution < -0.4 is 14.4 Å². The van der Waals surface area contributed by atoms with Crippen molar-refractivity contribution in [1.82, 2.24) is 0 Å². The van der Waals surface area contributed by atoms with Gasteiger partial charge in [-0.3, -0.25) is 9.69 Å². The molecular weight excluding hydrogens is 394 g/mol. The number of nitrogens with zero attached hydrogens (tertiary/aromatic N) is 1. The number of esters is 1. The third kappa shape index (κ3) is 3.71. The van der Waals surface area contributed by atoms with E-state index >= 15 is 0 Å². The molecule has 29 heavy (non-hydrogen) atoms. The summed E-state index contributed by atoms with van der Waals surface area (Å²) in [6, 6.07) is 12.2. The number of carbonyl (C=O) groups is 2. The number of hydrogen-bond acceptors (Lipinski definition) is 5. The molecule has 0 fully saturated rings. The van der Waals surface area contributed by atoms with E-state index in [1.807, 2.05) is 0 Å². The number of hydrogen-bond donors (Lipinski definition) is 0. The molecule has 0 saturated carbocycles. The first-order valence-electron chi connectivity index (χ1n) is 8.75. The highest BCUT2D eigenvalue weighted by Crippen LogP contribution is 2.39. The number of halogens is 1. The van der Waals surface area contributed by atoms with Crippen molar-refractivity contribution in [3.63, 3.8) is 0 Å². The van der Waals surface area contributed by atoms with Crippen molar-refractivity contribution in [2.75, 3.05) is 26.2 Å². The Balaban J connectivity index is 2.16. The van der Waals surface area contributed by atoms with Crippen LogP contribution in [0.2, 0.25) is 5.02 Å². The van der Waals surface area contributed by atoms with Gasteiger partial charge >= 0.3 is 5.97 Å². The molecule has 1 aliphatic heterocycles. The molecule has 0 N–H and O–H groups in total. The fourth-order valence-corrected chi connectivity index (χ4v) is 3.39. The van der Waals surface area contributed by atoms with Gasteiger partial charge in [0, 0.05) is 16.8 Å². The van der Waals surface area contributed by atoms with E-state index < -0.39 is 5.97 Å². The Hall–Kier alpha value is -3.25. The topological polar surface area (TPSA) is 65.1 Å². The molecule has 0 radical (unpaired) electrons. The second kappa shape index (κ2) is 8.41. The average molecular weight is 414 g/mol. The summed E-state index contributed by atoms with van der Waals surface area (Å²) in [7, 11) is 4.32. The zero-order valence-electron chi connectivity index (χ0n) is 16.5. The summed E-state index contributed by atoms with van der Waals surface area (Å²) < 4.78 is 15.5. The number of amides is 1. The van der Waals surface area contributed by atoms with Crippen LogP contribution in [0.3, 0.4) is 0 Å². The Morgan fingerprint density at radius 2 is 1.72 bits per heavy atom. The van der Waals surface area contributed by atoms with Gasteiger partial charge in [0.25, 0.3) is 5.91 Å². The maximum Gasteiger partial charge on any atom is 0.340 e. The van der Waals surface area contributed by atoms with Crippen molar-refractivity contribution in [3.05, 3.63) is 69.9 Å². The smallest absolute Gasteiger partial charge is 0.340 e. The van der Waals surface area contributed by atoms with Crippen molar-refractivity contribution >= 4 is 35.2 Å². The van der Waals surface area contributed by atoms with Gasteiger partial charge in [-0.2, -0.15) is 0 Å². The predicted octanol–water partition coefficient (Wildman–Crippen LogP) is 4.23. The van der Waals surface area contributed by atoms with Crippen molar-refractivity contribution < 1.29 is 23.8 Å². The zero-order chi connectivity index (χ0) is 21.1. The van der Waals surface area contributed by atoms with Crippen LogP contribution in [-0.2, 0) is 14.3 Å². The summed E-state index contributed by atoms with van der Waals surface area (Å²) in [5.74, 6) is 0.0328. The van der Waals surface area contributed by atoms with Gasteiger partial charge in [-0.1, -0.05) is 29.8 Å². The maximum atomic E-state index is 13.3. The molecule has 1 amide bonds. The lowest BCUT2D eigenvalue weighted by molar-refractivity contribution is -0.136. The zero-order valence-corrected chi connectivity index (χ0v) is 17.2. The van der Waals surface area contributed by atoms with E-state index in [9.17, 15) is 9.59 Å². The number of ether oxygens (including phenoxy) is 3. The van der Waals surface area contributed by atoms with Gasteiger partial charge in [-0.15, -0.1) is 0 Å². The van der Waals surface area contributed by atoms with Crippen LogP contribution in [0.1, 0.15) is 12.5 Å². The van der Waals surface area contributed by atoms with Gasteiger partial charge in [0.1, 0.15) is 0 Å². The molecular formula is C22H20ClNO5. The van der Waals surface area contributed by atoms with Gasteiger partial charge < -0.3 is 14.2 Å². The van der Waals surface area contributed by atoms with Crippen LogP contribution in [0, 0.1) is 0 Å². The number of allylic oxidation sites excluding steroid dienone is 1. The summed E-state index contributed by atoms with van der Waals surface area (Å²) in [4.78, 5) is 27.2. The number of methoxy groups -OCH3 is 3. The van der Waals surface area contributed by atoms with Crippen molar-refractivity contribution in [1.29, 1.82) is 0 Å². The molecule has 0 atom stereocenters. The molecule has 0 saturated heterocycles. The Kier molecular flexibility index (Phi) is 5.94. The van der Waals surface area contributed by atoms with Gasteiger partial charge in [0.15, 0.2) is 11.5 Å². The minimum atomic E-state index is -0.600. The molecule has 0 spiro atoms. The van der Waals surface area contributed by atoms with Crippen molar-refractivity contribution in [2.24, 2.45) is 0 Å². The highest BCUT2D eigenvalue weighted by molar-refractivity contribution is 6.32. The van der Waals surface area contributed by atoms with Crippen LogP contribution in [0.15, 0.2) is 59.3 Å².